The van der Waals surface area contributed by atoms with Crippen molar-refractivity contribution in [3.8, 4) is 11.1 Å². The minimum Gasteiger partial charge on any atom is -0.337 e. The van der Waals surface area contributed by atoms with E-state index in [1.165, 1.54) is 17.0 Å². The number of rotatable bonds is 8. The zero-order valence-corrected chi connectivity index (χ0v) is 20.2. The molecule has 0 radical (unpaired) electrons. The van der Waals surface area contributed by atoms with Gasteiger partial charge in [0.2, 0.25) is 0 Å². The summed E-state index contributed by atoms with van der Waals surface area (Å²) in [4.78, 5) is 14.9. The summed E-state index contributed by atoms with van der Waals surface area (Å²) in [6, 6.07) is 15.7. The van der Waals surface area contributed by atoms with E-state index in [1.54, 1.807) is 49.4 Å². The van der Waals surface area contributed by atoms with Crippen LogP contribution in [-0.4, -0.2) is 48.9 Å². The molecule has 182 valence electrons. The minimum absolute atomic E-state index is 0.0997. The third kappa shape index (κ3) is 6.21. The first kappa shape index (κ1) is 25.8. The number of nitrogens with zero attached hydrogens (tertiary/aromatic N) is 2. The highest BCUT2D eigenvalue weighted by molar-refractivity contribution is 7.90. The largest absolute Gasteiger partial charge is 0.431 e. The van der Waals surface area contributed by atoms with Crippen LogP contribution in [0, 0.1) is 0 Å². The highest BCUT2D eigenvalue weighted by Gasteiger charge is 2.39. The van der Waals surface area contributed by atoms with E-state index in [4.69, 9.17) is 11.6 Å². The first-order valence-electron chi connectivity index (χ1n) is 10.5. The van der Waals surface area contributed by atoms with Crippen LogP contribution >= 0.6 is 11.6 Å². The Morgan fingerprint density at radius 3 is 2.21 bits per heavy atom. The second-order valence-electron chi connectivity index (χ2n) is 7.88. The molecule has 1 heterocycles. The zero-order chi connectivity index (χ0) is 25.1. The monoisotopic (exact) mass is 512 g/mol. The highest BCUT2D eigenvalue weighted by atomic mass is 35.5. The average Bonchev–Trinajstić information content (AvgIpc) is 3.14. The van der Waals surface area contributed by atoms with E-state index in [-0.39, 0.29) is 36.6 Å². The van der Waals surface area contributed by atoms with E-state index >= 15 is 0 Å². The summed E-state index contributed by atoms with van der Waals surface area (Å²) in [6.07, 6.45) is -3.68. The van der Waals surface area contributed by atoms with Crippen molar-refractivity contribution in [2.75, 3.05) is 25.1 Å². The first-order valence-corrected chi connectivity index (χ1v) is 12.9. The topological polar surface area (TPSA) is 59.4 Å². The molecule has 0 saturated heterocycles. The second kappa shape index (κ2) is 10.2. The van der Waals surface area contributed by atoms with Crippen molar-refractivity contribution in [2.45, 2.75) is 19.6 Å². The normalized spacial score (nSPS) is 12.1. The number of carbonyl (C=O) groups excluding carboxylic acids is 1. The van der Waals surface area contributed by atoms with Gasteiger partial charge in [-0.3, -0.25) is 4.79 Å². The summed E-state index contributed by atoms with van der Waals surface area (Å²) in [5.41, 5.74) is -0.0517. The molecule has 0 spiro atoms. The predicted molar refractivity (Wildman–Crippen MR) is 127 cm³/mol. The molecule has 10 heteroatoms. The maximum Gasteiger partial charge on any atom is 0.431 e. The van der Waals surface area contributed by atoms with Crippen LogP contribution in [0.4, 0.5) is 13.2 Å². The van der Waals surface area contributed by atoms with Crippen molar-refractivity contribution < 1.29 is 26.4 Å². The van der Waals surface area contributed by atoms with Crippen LogP contribution in [0.15, 0.2) is 60.7 Å². The molecule has 1 amide bonds. The predicted octanol–water partition coefficient (Wildman–Crippen LogP) is 5.38. The lowest BCUT2D eigenvalue weighted by Gasteiger charge is -2.23. The number of hydrogen-bond acceptors (Lipinski definition) is 3. The van der Waals surface area contributed by atoms with Gasteiger partial charge in [0.1, 0.15) is 21.2 Å². The van der Waals surface area contributed by atoms with E-state index < -0.39 is 27.6 Å². The molecule has 0 bridgehead atoms. The fourth-order valence-corrected chi connectivity index (χ4v) is 4.30. The van der Waals surface area contributed by atoms with Crippen molar-refractivity contribution in [3.63, 3.8) is 0 Å². The Morgan fingerprint density at radius 1 is 1.06 bits per heavy atom. The molecule has 0 aliphatic carbocycles. The quantitative estimate of drug-likeness (QED) is 0.407. The number of amides is 1. The molecule has 0 unspecified atom stereocenters. The smallest absolute Gasteiger partial charge is 0.337 e. The lowest BCUT2D eigenvalue weighted by atomic mass is 10.0. The summed E-state index contributed by atoms with van der Waals surface area (Å²) < 4.78 is 66.7. The van der Waals surface area contributed by atoms with Crippen molar-refractivity contribution in [2.24, 2.45) is 0 Å². The van der Waals surface area contributed by atoms with Crippen molar-refractivity contribution in [1.29, 1.82) is 0 Å². The van der Waals surface area contributed by atoms with Crippen LogP contribution in [-0.2, 0) is 22.6 Å². The van der Waals surface area contributed by atoms with Gasteiger partial charge in [0.15, 0.2) is 0 Å². The summed E-state index contributed by atoms with van der Waals surface area (Å²) in [5, 5.41) is 0.403. The van der Waals surface area contributed by atoms with Gasteiger partial charge in [-0.25, -0.2) is 8.42 Å². The van der Waals surface area contributed by atoms with Gasteiger partial charge >= 0.3 is 6.18 Å². The third-order valence-corrected chi connectivity index (χ3v) is 6.51. The highest BCUT2D eigenvalue weighted by Crippen LogP contribution is 2.38. The number of benzene rings is 2. The fraction of sp³-hybridized carbons (Fsp3) is 0.292. The van der Waals surface area contributed by atoms with Crippen molar-refractivity contribution in [3.05, 3.63) is 82.6 Å². The molecule has 2 aromatic carbocycles. The number of sulfone groups is 1. The Morgan fingerprint density at radius 2 is 1.68 bits per heavy atom. The Bertz CT molecular complexity index is 1260. The van der Waals surface area contributed by atoms with Crippen LogP contribution in [0.2, 0.25) is 5.02 Å². The Labute approximate surface area is 201 Å². The minimum atomic E-state index is -4.72. The molecule has 0 aliphatic heterocycles. The summed E-state index contributed by atoms with van der Waals surface area (Å²) in [5.74, 6) is -0.975. The maximum absolute atomic E-state index is 14.1. The Hall–Kier alpha value is -2.78. The van der Waals surface area contributed by atoms with Gasteiger partial charge in [0, 0.05) is 36.5 Å². The number of alkyl halides is 3. The van der Waals surface area contributed by atoms with E-state index in [0.717, 1.165) is 16.9 Å². The summed E-state index contributed by atoms with van der Waals surface area (Å²) >= 11 is 5.96. The SMILES string of the molecule is CCN(CCS(C)(=O)=O)C(=O)c1c(-c2ccc(Cl)cc2)cc(C(F)(F)F)n1Cc1ccccc1. The Kier molecular flexibility index (Phi) is 7.77. The van der Waals surface area contributed by atoms with E-state index in [1.807, 2.05) is 0 Å². The van der Waals surface area contributed by atoms with E-state index in [2.05, 4.69) is 0 Å². The van der Waals surface area contributed by atoms with Crippen molar-refractivity contribution >= 4 is 27.3 Å². The first-order chi connectivity index (χ1) is 15.9. The van der Waals surface area contributed by atoms with Gasteiger partial charge < -0.3 is 9.47 Å². The Balaban J connectivity index is 2.23. The van der Waals surface area contributed by atoms with E-state index in [0.29, 0.717) is 16.1 Å². The van der Waals surface area contributed by atoms with E-state index in [9.17, 15) is 26.4 Å². The maximum atomic E-state index is 14.1. The van der Waals surface area contributed by atoms with Gasteiger partial charge in [-0.2, -0.15) is 13.2 Å². The molecule has 0 fully saturated rings. The van der Waals surface area contributed by atoms with Crippen LogP contribution in [0.3, 0.4) is 0 Å². The van der Waals surface area contributed by atoms with Gasteiger partial charge in [-0.1, -0.05) is 54.1 Å². The summed E-state index contributed by atoms with van der Waals surface area (Å²) in [6.45, 7) is 1.46. The lowest BCUT2D eigenvalue weighted by molar-refractivity contribution is -0.143. The van der Waals surface area contributed by atoms with Crippen LogP contribution in [0.25, 0.3) is 11.1 Å². The standard InChI is InChI=1S/C24H24ClF3N2O3S/c1-3-29(13-14-34(2,32)33)23(31)22-20(18-9-11-19(25)12-10-18)15-21(24(26,27)28)30(22)16-17-7-5-4-6-8-17/h4-12,15H,3,13-14,16H2,1-2H3. The van der Waals surface area contributed by atoms with Crippen LogP contribution in [0.1, 0.15) is 28.7 Å². The number of carbonyl (C=O) groups is 1. The van der Waals surface area contributed by atoms with Crippen LogP contribution in [0.5, 0.6) is 0 Å². The molecule has 0 N–H and O–H groups in total. The molecule has 0 atom stereocenters. The zero-order valence-electron chi connectivity index (χ0n) is 18.6. The van der Waals surface area contributed by atoms with Gasteiger partial charge in [0.05, 0.1) is 5.75 Å². The third-order valence-electron chi connectivity index (χ3n) is 5.33. The molecular formula is C24H24ClF3N2O3S. The lowest BCUT2D eigenvalue weighted by Crippen LogP contribution is -2.36. The molecule has 1 aromatic heterocycles. The summed E-state index contributed by atoms with van der Waals surface area (Å²) in [7, 11) is -3.38. The second-order valence-corrected chi connectivity index (χ2v) is 10.6. The van der Waals surface area contributed by atoms with Gasteiger partial charge in [-0.15, -0.1) is 0 Å². The molecule has 3 aromatic rings. The van der Waals surface area contributed by atoms with Crippen LogP contribution < -0.4 is 0 Å². The molecule has 0 saturated carbocycles. The number of aromatic nitrogens is 1. The fourth-order valence-electron chi connectivity index (χ4n) is 3.62. The molecule has 3 rings (SSSR count). The van der Waals surface area contributed by atoms with Gasteiger partial charge in [0.25, 0.3) is 5.91 Å². The molecular weight excluding hydrogens is 489 g/mol. The molecule has 5 nitrogen and oxygen atoms in total. The number of hydrogen-bond donors (Lipinski definition) is 0. The van der Waals surface area contributed by atoms with Gasteiger partial charge in [-0.05, 0) is 36.2 Å². The molecule has 34 heavy (non-hydrogen) atoms. The van der Waals surface area contributed by atoms with Crippen molar-refractivity contribution in [1.82, 2.24) is 9.47 Å². The average molecular weight is 513 g/mol. The number of halogens is 4. The molecule has 0 aliphatic rings.